The van der Waals surface area contributed by atoms with Gasteiger partial charge in [-0.3, -0.25) is 0 Å². The molecule has 0 aromatic heterocycles. The second kappa shape index (κ2) is 13.3. The molecule has 128 valence electrons. The molecule has 0 heterocycles. The first-order chi connectivity index (χ1) is 10.5. The first kappa shape index (κ1) is 20.6. The Morgan fingerprint density at radius 3 is 1.14 bits per heavy atom. The zero-order valence-electron chi connectivity index (χ0n) is 13.1. The first-order valence-corrected chi connectivity index (χ1v) is 7.95. The van der Waals surface area contributed by atoms with Gasteiger partial charge in [-0.1, -0.05) is 25.7 Å². The molecule has 0 unspecified atom stereocenters. The van der Waals surface area contributed by atoms with Gasteiger partial charge in [0, 0.05) is 24.4 Å². The predicted molar refractivity (Wildman–Crippen MR) is 82.6 cm³/mol. The highest BCUT2D eigenvalue weighted by molar-refractivity contribution is 5.98. The van der Waals surface area contributed by atoms with Gasteiger partial charge in [0.05, 0.1) is 0 Å². The van der Waals surface area contributed by atoms with Crippen LogP contribution in [0.2, 0.25) is 0 Å². The molecule has 0 aliphatic carbocycles. The van der Waals surface area contributed by atoms with Gasteiger partial charge in [-0.15, -0.1) is 0 Å². The number of hydrogen-bond acceptors (Lipinski definition) is 4. The lowest BCUT2D eigenvalue weighted by molar-refractivity contribution is -0.136. The molecule has 0 fully saturated rings. The monoisotopic (exact) mass is 316 g/mol. The maximum absolute atomic E-state index is 11.3. The van der Waals surface area contributed by atoms with Crippen molar-refractivity contribution in [1.82, 2.24) is 0 Å². The van der Waals surface area contributed by atoms with E-state index in [0.717, 1.165) is 25.7 Å². The van der Waals surface area contributed by atoms with Crippen LogP contribution in [-0.4, -0.2) is 45.6 Å². The highest BCUT2D eigenvalue weighted by atomic mass is 16.4. The maximum atomic E-state index is 11.3. The number of carbonyl (C=O) groups is 2. The molecule has 22 heavy (non-hydrogen) atoms. The van der Waals surface area contributed by atoms with Gasteiger partial charge in [0.15, 0.2) is 0 Å². The molecule has 0 bridgehead atoms. The fraction of sp³-hybridized carbons (Fsp3) is 0.750. The second-order valence-electron chi connectivity index (χ2n) is 5.34. The van der Waals surface area contributed by atoms with E-state index >= 15 is 0 Å². The molecule has 0 aromatic rings. The van der Waals surface area contributed by atoms with Crippen molar-refractivity contribution < 1.29 is 30.0 Å². The van der Waals surface area contributed by atoms with Crippen LogP contribution in [0.4, 0.5) is 0 Å². The molecule has 6 nitrogen and oxygen atoms in total. The van der Waals surface area contributed by atoms with Crippen LogP contribution >= 0.6 is 0 Å². The zero-order chi connectivity index (χ0) is 16.8. The number of unbranched alkanes of at least 4 members (excludes halogenated alkanes) is 6. The van der Waals surface area contributed by atoms with Gasteiger partial charge in [0.1, 0.15) is 0 Å². The standard InChI is InChI=1S/C16H28O6/c17-11-7-3-1-5-9-13(15(19)20)14(16(21)22)10-6-2-4-8-12-18/h17-18H,1-12H2,(H,19,20)(H,21,22)/b14-13-. The van der Waals surface area contributed by atoms with Crippen LogP contribution in [0.25, 0.3) is 0 Å². The molecule has 0 aliphatic rings. The summed E-state index contributed by atoms with van der Waals surface area (Å²) in [5.74, 6) is -2.31. The summed E-state index contributed by atoms with van der Waals surface area (Å²) >= 11 is 0. The molecule has 0 saturated carbocycles. The minimum Gasteiger partial charge on any atom is -0.478 e. The molecule has 0 aliphatic heterocycles. The van der Waals surface area contributed by atoms with Gasteiger partial charge in [-0.05, 0) is 38.5 Å². The number of hydrogen-bond donors (Lipinski definition) is 4. The third-order valence-electron chi connectivity index (χ3n) is 3.55. The number of aliphatic carboxylic acids is 2. The summed E-state index contributed by atoms with van der Waals surface area (Å²) in [4.78, 5) is 22.6. The van der Waals surface area contributed by atoms with Crippen molar-refractivity contribution in [3.8, 4) is 0 Å². The highest BCUT2D eigenvalue weighted by Crippen LogP contribution is 2.20. The van der Waals surface area contributed by atoms with E-state index in [1.54, 1.807) is 0 Å². The van der Waals surface area contributed by atoms with E-state index in [1.165, 1.54) is 0 Å². The SMILES string of the molecule is O=C(O)/C(CCCCCCO)=C(/CCCCCCO)C(=O)O. The number of carboxylic acid groups (broad SMARTS) is 2. The van der Waals surface area contributed by atoms with Crippen molar-refractivity contribution in [1.29, 1.82) is 0 Å². The molecule has 0 atom stereocenters. The Morgan fingerprint density at radius 2 is 0.864 bits per heavy atom. The number of rotatable bonds is 14. The summed E-state index contributed by atoms with van der Waals surface area (Å²) in [7, 11) is 0. The summed E-state index contributed by atoms with van der Waals surface area (Å²) < 4.78 is 0. The molecule has 4 N–H and O–H groups in total. The second-order valence-corrected chi connectivity index (χ2v) is 5.34. The highest BCUT2D eigenvalue weighted by Gasteiger charge is 2.19. The Hall–Kier alpha value is -1.40. The summed E-state index contributed by atoms with van der Waals surface area (Å²) in [5, 5.41) is 35.9. The van der Waals surface area contributed by atoms with Gasteiger partial charge in [-0.25, -0.2) is 9.59 Å². The average Bonchev–Trinajstić information content (AvgIpc) is 2.47. The molecular weight excluding hydrogens is 288 g/mol. The minimum absolute atomic E-state index is 0.00124. The number of aliphatic hydroxyl groups is 2. The van der Waals surface area contributed by atoms with E-state index in [2.05, 4.69) is 0 Å². The van der Waals surface area contributed by atoms with Crippen LogP contribution in [0, 0.1) is 0 Å². The van der Waals surface area contributed by atoms with Crippen molar-refractivity contribution in [2.75, 3.05) is 13.2 Å². The quantitative estimate of drug-likeness (QED) is 0.289. The van der Waals surface area contributed by atoms with Crippen LogP contribution in [0.1, 0.15) is 64.2 Å². The lowest BCUT2D eigenvalue weighted by atomic mass is 9.96. The molecule has 0 rings (SSSR count). The summed E-state index contributed by atoms with van der Waals surface area (Å²) in [6.07, 6.45) is 6.27. The molecule has 6 heteroatoms. The van der Waals surface area contributed by atoms with Crippen molar-refractivity contribution in [2.24, 2.45) is 0 Å². The number of carboxylic acids is 2. The maximum Gasteiger partial charge on any atom is 0.332 e. The molecule has 0 radical (unpaired) electrons. The zero-order valence-corrected chi connectivity index (χ0v) is 13.1. The average molecular weight is 316 g/mol. The Kier molecular flexibility index (Phi) is 12.4. The van der Waals surface area contributed by atoms with E-state index < -0.39 is 11.9 Å². The Morgan fingerprint density at radius 1 is 0.545 bits per heavy atom. The molecular formula is C16H28O6. The third-order valence-corrected chi connectivity index (χ3v) is 3.55. The Balaban J connectivity index is 4.55. The van der Waals surface area contributed by atoms with Gasteiger partial charge in [0.2, 0.25) is 0 Å². The smallest absolute Gasteiger partial charge is 0.332 e. The lowest BCUT2D eigenvalue weighted by Gasteiger charge is -2.09. The van der Waals surface area contributed by atoms with Crippen LogP contribution < -0.4 is 0 Å². The van der Waals surface area contributed by atoms with Crippen LogP contribution in [0.5, 0.6) is 0 Å². The minimum atomic E-state index is -1.16. The van der Waals surface area contributed by atoms with Crippen LogP contribution in [-0.2, 0) is 9.59 Å². The van der Waals surface area contributed by atoms with Crippen LogP contribution in [0.15, 0.2) is 11.1 Å². The fourth-order valence-electron chi connectivity index (χ4n) is 2.31. The topological polar surface area (TPSA) is 115 Å². The van der Waals surface area contributed by atoms with E-state index in [-0.39, 0.29) is 37.2 Å². The van der Waals surface area contributed by atoms with Gasteiger partial charge in [-0.2, -0.15) is 0 Å². The fourth-order valence-corrected chi connectivity index (χ4v) is 2.31. The molecule has 0 aromatic carbocycles. The van der Waals surface area contributed by atoms with Crippen LogP contribution in [0.3, 0.4) is 0 Å². The predicted octanol–water partition coefficient (Wildman–Crippen LogP) is 2.34. The van der Waals surface area contributed by atoms with Gasteiger partial charge < -0.3 is 20.4 Å². The van der Waals surface area contributed by atoms with E-state index in [4.69, 9.17) is 10.2 Å². The van der Waals surface area contributed by atoms with Crippen molar-refractivity contribution in [3.63, 3.8) is 0 Å². The number of aliphatic hydroxyl groups excluding tert-OH is 2. The van der Waals surface area contributed by atoms with Crippen molar-refractivity contribution in [2.45, 2.75) is 64.2 Å². The summed E-state index contributed by atoms with van der Waals surface area (Å²) in [6.45, 7) is 0.242. The Bertz CT molecular complexity index is 328. The van der Waals surface area contributed by atoms with E-state index in [0.29, 0.717) is 25.7 Å². The Labute approximate surface area is 131 Å². The summed E-state index contributed by atoms with van der Waals surface area (Å²) in [5.41, 5.74) is -0.00249. The van der Waals surface area contributed by atoms with E-state index in [1.807, 2.05) is 0 Å². The normalized spacial score (nSPS) is 12.1. The van der Waals surface area contributed by atoms with Crippen molar-refractivity contribution >= 4 is 11.9 Å². The first-order valence-electron chi connectivity index (χ1n) is 7.95. The molecule has 0 saturated heterocycles. The van der Waals surface area contributed by atoms with Gasteiger partial charge >= 0.3 is 11.9 Å². The molecule has 0 amide bonds. The molecule has 0 spiro atoms. The summed E-state index contributed by atoms with van der Waals surface area (Å²) in [6, 6.07) is 0. The van der Waals surface area contributed by atoms with E-state index in [9.17, 15) is 19.8 Å². The third kappa shape index (κ3) is 9.52. The largest absolute Gasteiger partial charge is 0.478 e. The van der Waals surface area contributed by atoms with Gasteiger partial charge in [0.25, 0.3) is 0 Å². The lowest BCUT2D eigenvalue weighted by Crippen LogP contribution is -2.12. The van der Waals surface area contributed by atoms with Crippen molar-refractivity contribution in [3.05, 3.63) is 11.1 Å².